The average Bonchev–Trinajstić information content (AvgIpc) is 3.00. The Hall–Kier alpha value is -1.48. The first kappa shape index (κ1) is 17.6. The molecule has 1 aromatic rings. The second-order valence-electron chi connectivity index (χ2n) is 9.81. The number of aliphatic hydroxyl groups is 1. The van der Waals surface area contributed by atoms with Crippen molar-refractivity contribution in [3.8, 4) is 0 Å². The van der Waals surface area contributed by atoms with Gasteiger partial charge in [-0.05, 0) is 91.2 Å². The summed E-state index contributed by atoms with van der Waals surface area (Å²) < 4.78 is 14.4. The van der Waals surface area contributed by atoms with E-state index in [4.69, 9.17) is 0 Å². The molecule has 4 aliphatic carbocycles. The fourth-order valence-corrected chi connectivity index (χ4v) is 7.21. The highest BCUT2D eigenvalue weighted by Crippen LogP contribution is 2.66. The Morgan fingerprint density at radius 2 is 1.89 bits per heavy atom. The van der Waals surface area contributed by atoms with Gasteiger partial charge in [0.05, 0.1) is 6.10 Å². The molecule has 144 valence electrons. The van der Waals surface area contributed by atoms with Crippen LogP contribution in [-0.4, -0.2) is 16.2 Å². The molecule has 0 aromatic carbocycles. The molecule has 0 bridgehead atoms. The van der Waals surface area contributed by atoms with Crippen LogP contribution in [0.4, 0.5) is 4.39 Å². The summed E-state index contributed by atoms with van der Waals surface area (Å²) in [5.41, 5.74) is 3.72. The largest absolute Gasteiger partial charge is 0.393 e. The number of aliphatic hydroxyl groups excluding tert-OH is 1. The predicted octanol–water partition coefficient (Wildman–Crippen LogP) is 5.54. The van der Waals surface area contributed by atoms with Crippen molar-refractivity contribution in [1.82, 2.24) is 4.98 Å². The maximum absolute atomic E-state index is 14.4. The molecule has 5 rings (SSSR count). The van der Waals surface area contributed by atoms with Gasteiger partial charge in [0.1, 0.15) is 0 Å². The van der Waals surface area contributed by atoms with E-state index in [1.165, 1.54) is 23.8 Å². The Kier molecular flexibility index (Phi) is 3.92. The lowest BCUT2D eigenvalue weighted by atomic mass is 9.47. The van der Waals surface area contributed by atoms with Crippen LogP contribution in [-0.2, 0) is 0 Å². The summed E-state index contributed by atoms with van der Waals surface area (Å²) in [5, 5.41) is 10.1. The molecule has 2 fully saturated rings. The first-order chi connectivity index (χ1) is 12.9. The van der Waals surface area contributed by atoms with Gasteiger partial charge in [-0.3, -0.25) is 0 Å². The van der Waals surface area contributed by atoms with E-state index in [1.54, 1.807) is 0 Å². The maximum Gasteiger partial charge on any atom is 0.220 e. The number of hydrogen-bond acceptors (Lipinski definition) is 2. The lowest BCUT2D eigenvalue weighted by Gasteiger charge is -2.57. The molecule has 0 spiro atoms. The smallest absolute Gasteiger partial charge is 0.220 e. The zero-order chi connectivity index (χ0) is 18.8. The Balaban J connectivity index is 1.49. The van der Waals surface area contributed by atoms with Crippen molar-refractivity contribution in [2.24, 2.45) is 28.6 Å². The van der Waals surface area contributed by atoms with Crippen LogP contribution in [0.15, 0.2) is 36.1 Å². The average molecular weight is 368 g/mol. The summed E-state index contributed by atoms with van der Waals surface area (Å²) in [6.45, 7) is 4.82. The van der Waals surface area contributed by atoms with Crippen molar-refractivity contribution < 1.29 is 9.50 Å². The number of aromatic nitrogens is 1. The minimum Gasteiger partial charge on any atom is -0.393 e. The summed E-state index contributed by atoms with van der Waals surface area (Å²) in [6, 6.07) is 3.75. The number of allylic oxidation sites excluding steroid dienone is 3. The highest BCUT2D eigenvalue weighted by molar-refractivity contribution is 5.72. The molecular weight excluding hydrogens is 337 g/mol. The Morgan fingerprint density at radius 3 is 2.70 bits per heavy atom. The summed E-state index contributed by atoms with van der Waals surface area (Å²) >= 11 is 0. The fraction of sp³-hybridized carbons (Fsp3) is 0.625. The molecule has 1 N–H and O–H groups in total. The van der Waals surface area contributed by atoms with Crippen molar-refractivity contribution in [1.29, 1.82) is 0 Å². The third-order valence-corrected chi connectivity index (χ3v) is 8.71. The van der Waals surface area contributed by atoms with Gasteiger partial charge in [-0.1, -0.05) is 31.6 Å². The van der Waals surface area contributed by atoms with E-state index in [2.05, 4.69) is 31.0 Å². The molecule has 0 amide bonds. The Morgan fingerprint density at radius 1 is 1.07 bits per heavy atom. The van der Waals surface area contributed by atoms with E-state index in [0.29, 0.717) is 23.3 Å². The van der Waals surface area contributed by atoms with Crippen LogP contribution in [0.5, 0.6) is 0 Å². The predicted molar refractivity (Wildman–Crippen MR) is 105 cm³/mol. The molecule has 0 radical (unpaired) electrons. The summed E-state index contributed by atoms with van der Waals surface area (Å²) in [7, 11) is 0. The van der Waals surface area contributed by atoms with Crippen LogP contribution < -0.4 is 0 Å². The van der Waals surface area contributed by atoms with E-state index in [-0.39, 0.29) is 22.9 Å². The SMILES string of the molecule is C[C@]12CC[C@H](O)CC1=CC[C@@H]1[C@@H]2CC[C@]2(C)C(c3cccnc3F)=CC[C@@H]12. The first-order valence-corrected chi connectivity index (χ1v) is 10.6. The van der Waals surface area contributed by atoms with Gasteiger partial charge in [0.2, 0.25) is 5.95 Å². The van der Waals surface area contributed by atoms with Gasteiger partial charge >= 0.3 is 0 Å². The molecule has 1 heterocycles. The minimum atomic E-state index is -0.327. The Labute approximate surface area is 161 Å². The molecule has 4 aliphatic rings. The highest BCUT2D eigenvalue weighted by Gasteiger charge is 2.56. The monoisotopic (exact) mass is 367 g/mol. The van der Waals surface area contributed by atoms with Crippen LogP contribution >= 0.6 is 0 Å². The van der Waals surface area contributed by atoms with E-state index in [9.17, 15) is 9.50 Å². The maximum atomic E-state index is 14.4. The van der Waals surface area contributed by atoms with Crippen LogP contribution in [0.3, 0.4) is 0 Å². The second-order valence-corrected chi connectivity index (χ2v) is 9.81. The highest BCUT2D eigenvalue weighted by atomic mass is 19.1. The van der Waals surface area contributed by atoms with Gasteiger partial charge in [0.15, 0.2) is 0 Å². The fourth-order valence-electron chi connectivity index (χ4n) is 7.21. The molecule has 0 saturated heterocycles. The van der Waals surface area contributed by atoms with Crippen molar-refractivity contribution >= 4 is 5.57 Å². The number of halogens is 1. The van der Waals surface area contributed by atoms with Crippen molar-refractivity contribution in [3.63, 3.8) is 0 Å². The second kappa shape index (κ2) is 6.01. The molecule has 3 heteroatoms. The molecular formula is C24H30FNO. The van der Waals surface area contributed by atoms with E-state index in [1.807, 2.05) is 12.1 Å². The zero-order valence-electron chi connectivity index (χ0n) is 16.4. The lowest BCUT2D eigenvalue weighted by molar-refractivity contribution is -0.0238. The molecule has 0 unspecified atom stereocenters. The molecule has 2 saturated carbocycles. The summed E-state index contributed by atoms with van der Waals surface area (Å²) in [4.78, 5) is 3.91. The topological polar surface area (TPSA) is 33.1 Å². The minimum absolute atomic E-state index is 0.0565. The molecule has 27 heavy (non-hydrogen) atoms. The zero-order valence-corrected chi connectivity index (χ0v) is 16.4. The van der Waals surface area contributed by atoms with Crippen molar-refractivity contribution in [2.75, 3.05) is 0 Å². The standard InChI is InChI=1S/C24H30FNO/c1-23-11-9-16(27)14-15(23)5-6-17-19-7-8-20(18-4-3-13-26-22(18)25)24(19,2)12-10-21(17)23/h3-5,8,13,16-17,19,21,27H,6-7,9-12,14H2,1-2H3/t16-,17-,19-,21-,23-,24-/m0/s1. The van der Waals surface area contributed by atoms with Crippen molar-refractivity contribution in [3.05, 3.63) is 47.6 Å². The van der Waals surface area contributed by atoms with E-state index >= 15 is 0 Å². The third kappa shape index (κ3) is 2.43. The lowest BCUT2D eigenvalue weighted by Crippen LogP contribution is -2.49. The number of hydrogen-bond donors (Lipinski definition) is 1. The van der Waals surface area contributed by atoms with Gasteiger partial charge in [0.25, 0.3) is 0 Å². The van der Waals surface area contributed by atoms with E-state index < -0.39 is 0 Å². The Bertz CT molecular complexity index is 829. The van der Waals surface area contributed by atoms with Gasteiger partial charge in [-0.25, -0.2) is 4.98 Å². The van der Waals surface area contributed by atoms with E-state index in [0.717, 1.165) is 38.5 Å². The molecule has 6 atom stereocenters. The van der Waals surface area contributed by atoms with Gasteiger partial charge < -0.3 is 5.11 Å². The van der Waals surface area contributed by atoms with Crippen LogP contribution in [0.2, 0.25) is 0 Å². The van der Waals surface area contributed by atoms with Crippen LogP contribution in [0, 0.1) is 34.5 Å². The number of pyridine rings is 1. The van der Waals surface area contributed by atoms with Crippen LogP contribution in [0.1, 0.15) is 64.4 Å². The van der Waals surface area contributed by atoms with Gasteiger partial charge in [0, 0.05) is 11.8 Å². The normalized spacial score (nSPS) is 43.3. The molecule has 0 aliphatic heterocycles. The number of fused-ring (bicyclic) bond motifs is 5. The summed E-state index contributed by atoms with van der Waals surface area (Å²) in [6.07, 6.45) is 13.6. The van der Waals surface area contributed by atoms with Gasteiger partial charge in [-0.2, -0.15) is 4.39 Å². The van der Waals surface area contributed by atoms with Crippen molar-refractivity contribution in [2.45, 2.75) is 64.9 Å². The summed E-state index contributed by atoms with van der Waals surface area (Å²) in [5.74, 6) is 1.63. The van der Waals surface area contributed by atoms with Crippen LogP contribution in [0.25, 0.3) is 5.57 Å². The third-order valence-electron chi connectivity index (χ3n) is 8.71. The first-order valence-electron chi connectivity index (χ1n) is 10.6. The van der Waals surface area contributed by atoms with Gasteiger partial charge in [-0.15, -0.1) is 0 Å². The quantitative estimate of drug-likeness (QED) is 0.522. The molecule has 2 nitrogen and oxygen atoms in total. The molecule has 1 aromatic heterocycles. The number of nitrogens with zero attached hydrogens (tertiary/aromatic N) is 1. The number of rotatable bonds is 1.